The molecule has 0 aliphatic rings. The predicted octanol–water partition coefficient (Wildman–Crippen LogP) is -0.148. The van der Waals surface area contributed by atoms with Gasteiger partial charge in [0.15, 0.2) is 0 Å². The van der Waals surface area contributed by atoms with Crippen molar-refractivity contribution in [2.45, 2.75) is 44.9 Å². The largest absolute Gasteiger partial charge is 1.00 e. The van der Waals surface area contributed by atoms with Crippen molar-refractivity contribution in [3.63, 3.8) is 0 Å². The van der Waals surface area contributed by atoms with E-state index in [-0.39, 0.29) is 39.9 Å². The minimum Gasteiger partial charge on any atom is -0.282 e. The second-order valence-corrected chi connectivity index (χ2v) is 6.53. The minimum absolute atomic E-state index is 0. The standard InChI is InChI=1S/C12H18O3S.Na/c1-8-6-10(12(3,4)5)7-11(9(8)2)16(13,14)15;/h6-7H,1-5H3,(H,13,14,15);/q;+1. The van der Waals surface area contributed by atoms with Crippen LogP contribution >= 0.6 is 0 Å². The molecular weight excluding hydrogens is 247 g/mol. The summed E-state index contributed by atoms with van der Waals surface area (Å²) in [6.45, 7) is 9.56. The summed E-state index contributed by atoms with van der Waals surface area (Å²) in [5.74, 6) is 0. The van der Waals surface area contributed by atoms with Gasteiger partial charge in [-0.25, -0.2) is 0 Å². The van der Waals surface area contributed by atoms with E-state index in [2.05, 4.69) is 0 Å². The Morgan fingerprint density at radius 2 is 1.59 bits per heavy atom. The Hall–Kier alpha value is 0.130. The fourth-order valence-electron chi connectivity index (χ4n) is 1.53. The molecule has 0 saturated heterocycles. The van der Waals surface area contributed by atoms with E-state index < -0.39 is 10.1 Å². The van der Waals surface area contributed by atoms with E-state index >= 15 is 0 Å². The first-order chi connectivity index (χ1) is 7.03. The summed E-state index contributed by atoms with van der Waals surface area (Å²) >= 11 is 0. The van der Waals surface area contributed by atoms with Crippen LogP contribution in [-0.4, -0.2) is 13.0 Å². The summed E-state index contributed by atoms with van der Waals surface area (Å²) in [6, 6.07) is 3.52. The van der Waals surface area contributed by atoms with Gasteiger partial charge in [0, 0.05) is 0 Å². The summed E-state index contributed by atoms with van der Waals surface area (Å²) in [6.07, 6.45) is 0. The first-order valence-corrected chi connectivity index (χ1v) is 6.56. The van der Waals surface area contributed by atoms with Crippen molar-refractivity contribution in [3.8, 4) is 0 Å². The molecular formula is C12H18NaO3S+. The molecule has 0 heterocycles. The van der Waals surface area contributed by atoms with Gasteiger partial charge in [0.1, 0.15) is 0 Å². The van der Waals surface area contributed by atoms with Gasteiger partial charge in [-0.05, 0) is 42.0 Å². The van der Waals surface area contributed by atoms with Gasteiger partial charge in [-0.1, -0.05) is 26.8 Å². The zero-order valence-corrected chi connectivity index (χ0v) is 14.1. The zero-order valence-electron chi connectivity index (χ0n) is 11.3. The normalized spacial score (nSPS) is 12.1. The second kappa shape index (κ2) is 5.41. The van der Waals surface area contributed by atoms with Gasteiger partial charge in [-0.15, -0.1) is 0 Å². The molecule has 0 aliphatic heterocycles. The fourth-order valence-corrected chi connectivity index (χ4v) is 2.35. The number of hydrogen-bond donors (Lipinski definition) is 1. The summed E-state index contributed by atoms with van der Waals surface area (Å²) in [7, 11) is -4.14. The molecule has 0 amide bonds. The van der Waals surface area contributed by atoms with Crippen molar-refractivity contribution < 1.29 is 42.5 Å². The maximum absolute atomic E-state index is 11.2. The molecule has 1 N–H and O–H groups in total. The van der Waals surface area contributed by atoms with Crippen molar-refractivity contribution in [1.82, 2.24) is 0 Å². The molecule has 0 aliphatic carbocycles. The number of benzene rings is 1. The Morgan fingerprint density at radius 1 is 1.12 bits per heavy atom. The van der Waals surface area contributed by atoms with Gasteiger partial charge in [-0.3, -0.25) is 4.55 Å². The Morgan fingerprint density at radius 3 is 1.94 bits per heavy atom. The number of hydrogen-bond acceptors (Lipinski definition) is 2. The molecule has 0 bridgehead atoms. The smallest absolute Gasteiger partial charge is 0.282 e. The molecule has 1 rings (SSSR count). The van der Waals surface area contributed by atoms with Gasteiger partial charge in [0.2, 0.25) is 0 Å². The van der Waals surface area contributed by atoms with Crippen LogP contribution in [-0.2, 0) is 15.5 Å². The molecule has 0 atom stereocenters. The summed E-state index contributed by atoms with van der Waals surface area (Å²) in [5, 5.41) is 0. The van der Waals surface area contributed by atoms with E-state index in [1.54, 1.807) is 13.0 Å². The Labute approximate surface area is 126 Å². The van der Waals surface area contributed by atoms with Gasteiger partial charge >= 0.3 is 29.6 Å². The molecule has 0 fully saturated rings. The quantitative estimate of drug-likeness (QED) is 0.567. The molecule has 0 radical (unpaired) electrons. The minimum atomic E-state index is -4.14. The van der Waals surface area contributed by atoms with Crippen molar-refractivity contribution in [3.05, 3.63) is 28.8 Å². The van der Waals surface area contributed by atoms with E-state index in [1.165, 1.54) is 0 Å². The van der Waals surface area contributed by atoms with Crippen LogP contribution in [0.2, 0.25) is 0 Å². The molecule has 5 heteroatoms. The van der Waals surface area contributed by atoms with Crippen molar-refractivity contribution in [2.24, 2.45) is 0 Å². The predicted molar refractivity (Wildman–Crippen MR) is 64.4 cm³/mol. The van der Waals surface area contributed by atoms with Gasteiger partial charge in [0.05, 0.1) is 4.90 Å². The van der Waals surface area contributed by atoms with Crippen LogP contribution in [0.3, 0.4) is 0 Å². The molecule has 1 aromatic rings. The van der Waals surface area contributed by atoms with Crippen LogP contribution < -0.4 is 29.6 Å². The fraction of sp³-hybridized carbons (Fsp3) is 0.500. The molecule has 3 nitrogen and oxygen atoms in total. The van der Waals surface area contributed by atoms with Crippen LogP contribution in [0.4, 0.5) is 0 Å². The average Bonchev–Trinajstić information content (AvgIpc) is 2.05. The molecule has 0 aromatic heterocycles. The maximum Gasteiger partial charge on any atom is 1.00 e. The Balaban J connectivity index is 0.00000256. The average molecular weight is 265 g/mol. The summed E-state index contributed by atoms with van der Waals surface area (Å²) in [4.78, 5) is 0.0115. The second-order valence-electron chi connectivity index (χ2n) is 5.14. The van der Waals surface area contributed by atoms with E-state index in [1.807, 2.05) is 33.8 Å². The first kappa shape index (κ1) is 17.1. The Kier molecular flexibility index (Phi) is 5.45. The van der Waals surface area contributed by atoms with Crippen LogP contribution in [0.15, 0.2) is 17.0 Å². The third-order valence-corrected chi connectivity index (χ3v) is 3.74. The third kappa shape index (κ3) is 4.07. The monoisotopic (exact) mass is 265 g/mol. The van der Waals surface area contributed by atoms with Gasteiger partial charge in [0.25, 0.3) is 10.1 Å². The number of rotatable bonds is 1. The van der Waals surface area contributed by atoms with Crippen molar-refractivity contribution in [1.29, 1.82) is 0 Å². The van der Waals surface area contributed by atoms with Crippen LogP contribution in [0.5, 0.6) is 0 Å². The van der Waals surface area contributed by atoms with Crippen molar-refractivity contribution >= 4 is 10.1 Å². The third-order valence-electron chi connectivity index (χ3n) is 2.76. The molecule has 17 heavy (non-hydrogen) atoms. The van der Waals surface area contributed by atoms with Crippen LogP contribution in [0, 0.1) is 13.8 Å². The Bertz CT molecular complexity index is 513. The maximum atomic E-state index is 11.2. The summed E-state index contributed by atoms with van der Waals surface area (Å²) in [5.41, 5.74) is 2.25. The summed E-state index contributed by atoms with van der Waals surface area (Å²) < 4.78 is 31.6. The number of aryl methyl sites for hydroxylation is 1. The molecule has 0 saturated carbocycles. The van der Waals surface area contributed by atoms with Crippen LogP contribution in [0.25, 0.3) is 0 Å². The molecule has 90 valence electrons. The van der Waals surface area contributed by atoms with E-state index in [4.69, 9.17) is 4.55 Å². The topological polar surface area (TPSA) is 54.4 Å². The first-order valence-electron chi connectivity index (χ1n) is 5.12. The SMILES string of the molecule is Cc1cc(C(C)(C)C)cc(S(=O)(=O)O)c1C.[Na+]. The van der Waals surface area contributed by atoms with E-state index in [9.17, 15) is 8.42 Å². The van der Waals surface area contributed by atoms with Crippen molar-refractivity contribution in [2.75, 3.05) is 0 Å². The zero-order chi connectivity index (χ0) is 12.7. The van der Waals surface area contributed by atoms with Gasteiger partial charge < -0.3 is 0 Å². The van der Waals surface area contributed by atoms with Crippen LogP contribution in [0.1, 0.15) is 37.5 Å². The van der Waals surface area contributed by atoms with E-state index in [0.29, 0.717) is 5.56 Å². The van der Waals surface area contributed by atoms with Gasteiger partial charge in [-0.2, -0.15) is 8.42 Å². The molecule has 0 spiro atoms. The molecule has 1 aromatic carbocycles. The van der Waals surface area contributed by atoms with E-state index in [0.717, 1.165) is 11.1 Å². The molecule has 0 unspecified atom stereocenters.